The highest BCUT2D eigenvalue weighted by Crippen LogP contribution is 2.38. The van der Waals surface area contributed by atoms with Crippen molar-refractivity contribution in [1.82, 2.24) is 14.8 Å². The van der Waals surface area contributed by atoms with E-state index in [1.807, 2.05) is 24.7 Å². The molecule has 25 heavy (non-hydrogen) atoms. The quantitative estimate of drug-likeness (QED) is 0.884. The average Bonchev–Trinajstić information content (AvgIpc) is 3.03. The average molecular weight is 339 g/mol. The molecule has 0 spiro atoms. The first-order valence-electron chi connectivity index (χ1n) is 8.38. The Morgan fingerprint density at radius 2 is 2.32 bits per heavy atom. The number of nitrogens with zero attached hydrogens (tertiary/aromatic N) is 4. The molecule has 1 aliphatic carbocycles. The zero-order valence-corrected chi connectivity index (χ0v) is 14.4. The van der Waals surface area contributed by atoms with Crippen molar-refractivity contribution in [2.45, 2.75) is 45.6 Å². The molecule has 0 amide bonds. The smallest absolute Gasteiger partial charge is 0.303 e. The van der Waals surface area contributed by atoms with E-state index in [1.54, 1.807) is 6.20 Å². The van der Waals surface area contributed by atoms with Crippen molar-refractivity contribution < 1.29 is 9.90 Å². The Morgan fingerprint density at radius 3 is 2.92 bits per heavy atom. The molecule has 2 aromatic rings. The van der Waals surface area contributed by atoms with Gasteiger partial charge in [0.25, 0.3) is 0 Å². The minimum Gasteiger partial charge on any atom is -0.481 e. The fraction of sp³-hybridized carbons (Fsp3) is 0.444. The molecular weight excluding hydrogens is 318 g/mol. The number of carboxylic acid groups (broad SMARTS) is 1. The summed E-state index contributed by atoms with van der Waals surface area (Å²) in [6, 6.07) is 2.37. The molecular formula is C18H21N5O2. The minimum absolute atomic E-state index is 0.0425. The predicted molar refractivity (Wildman–Crippen MR) is 92.7 cm³/mol. The summed E-state index contributed by atoms with van der Waals surface area (Å²) in [7, 11) is 0. The number of hydrogen-bond acceptors (Lipinski definition) is 5. The zero-order chi connectivity index (χ0) is 18.1. The van der Waals surface area contributed by atoms with E-state index >= 15 is 0 Å². The van der Waals surface area contributed by atoms with Gasteiger partial charge in [-0.25, -0.2) is 4.98 Å². The van der Waals surface area contributed by atoms with Gasteiger partial charge >= 0.3 is 5.97 Å². The molecule has 1 aliphatic rings. The molecule has 7 heteroatoms. The van der Waals surface area contributed by atoms with Gasteiger partial charge in [0.2, 0.25) is 0 Å². The van der Waals surface area contributed by atoms with Gasteiger partial charge < -0.3 is 10.8 Å². The number of anilines is 1. The molecule has 1 unspecified atom stereocenters. The second-order valence-corrected chi connectivity index (χ2v) is 6.79. The fourth-order valence-corrected chi connectivity index (χ4v) is 3.45. The first-order valence-corrected chi connectivity index (χ1v) is 8.38. The van der Waals surface area contributed by atoms with Gasteiger partial charge in [-0.1, -0.05) is 0 Å². The molecule has 0 bridgehead atoms. The molecule has 0 fully saturated rings. The van der Waals surface area contributed by atoms with Crippen LogP contribution in [0.3, 0.4) is 0 Å². The van der Waals surface area contributed by atoms with Crippen LogP contribution in [0.4, 0.5) is 5.82 Å². The van der Waals surface area contributed by atoms with Crippen molar-refractivity contribution in [1.29, 1.82) is 5.26 Å². The van der Waals surface area contributed by atoms with Crippen LogP contribution in [0.5, 0.6) is 0 Å². The van der Waals surface area contributed by atoms with Crippen LogP contribution in [0.2, 0.25) is 0 Å². The third kappa shape index (κ3) is 3.20. The summed E-state index contributed by atoms with van der Waals surface area (Å²) in [6.45, 7) is 4.06. The Morgan fingerprint density at radius 1 is 1.56 bits per heavy atom. The molecule has 0 saturated carbocycles. The fourth-order valence-electron chi connectivity index (χ4n) is 3.45. The van der Waals surface area contributed by atoms with Gasteiger partial charge in [-0.3, -0.25) is 9.48 Å². The molecule has 1 atom stereocenters. The standard InChI is InChI=1S/C18H21N5O2/c1-10(2)23-9-12(8-21-23)17-13-5-11(6-16(24)25)3-4-15(13)22-18(20)14(17)7-19/h8-11H,3-6H2,1-2H3,(H2,20,22)(H,24,25). The van der Waals surface area contributed by atoms with Crippen molar-refractivity contribution in [2.75, 3.05) is 5.73 Å². The van der Waals surface area contributed by atoms with Gasteiger partial charge in [0, 0.05) is 35.5 Å². The SMILES string of the molecule is CC(C)n1cc(-c2c(C#N)c(N)nc3c2CC(CC(=O)O)CC3)cn1. The highest BCUT2D eigenvalue weighted by atomic mass is 16.4. The minimum atomic E-state index is -0.800. The number of aryl methyl sites for hydroxylation is 1. The normalized spacial score (nSPS) is 16.5. The van der Waals surface area contributed by atoms with Gasteiger partial charge in [-0.05, 0) is 44.6 Å². The van der Waals surface area contributed by atoms with E-state index in [-0.39, 0.29) is 24.2 Å². The predicted octanol–water partition coefficient (Wildman–Crippen LogP) is 2.56. The lowest BCUT2D eigenvalue weighted by molar-refractivity contribution is -0.138. The number of aliphatic carboxylic acids is 1. The Bertz CT molecular complexity index is 863. The Hall–Kier alpha value is -2.88. The maximum Gasteiger partial charge on any atom is 0.303 e. The van der Waals surface area contributed by atoms with Gasteiger partial charge in [0.15, 0.2) is 0 Å². The van der Waals surface area contributed by atoms with E-state index in [4.69, 9.17) is 10.8 Å². The molecule has 3 rings (SSSR count). The summed E-state index contributed by atoms with van der Waals surface area (Å²) in [5, 5.41) is 23.1. The van der Waals surface area contributed by atoms with Crippen LogP contribution < -0.4 is 5.73 Å². The number of carboxylic acids is 1. The molecule has 130 valence electrons. The van der Waals surface area contributed by atoms with Crippen LogP contribution in [0, 0.1) is 17.2 Å². The summed E-state index contributed by atoms with van der Waals surface area (Å²) in [4.78, 5) is 15.5. The van der Waals surface area contributed by atoms with Crippen molar-refractivity contribution in [3.8, 4) is 17.2 Å². The molecule has 0 aliphatic heterocycles. The summed E-state index contributed by atoms with van der Waals surface area (Å²) < 4.78 is 1.83. The number of fused-ring (bicyclic) bond motifs is 1. The molecule has 0 saturated heterocycles. The molecule has 7 nitrogen and oxygen atoms in total. The maximum atomic E-state index is 11.1. The van der Waals surface area contributed by atoms with Crippen LogP contribution in [-0.4, -0.2) is 25.8 Å². The van der Waals surface area contributed by atoms with Crippen LogP contribution >= 0.6 is 0 Å². The number of nitrogens with two attached hydrogens (primary N) is 1. The Kier molecular flexibility index (Phi) is 4.45. The summed E-state index contributed by atoms with van der Waals surface area (Å²) in [6.07, 6.45) is 5.79. The molecule has 0 radical (unpaired) electrons. The number of hydrogen-bond donors (Lipinski definition) is 2. The molecule has 2 aromatic heterocycles. The summed E-state index contributed by atoms with van der Waals surface area (Å²) in [5.41, 5.74) is 9.75. The van der Waals surface area contributed by atoms with Gasteiger partial charge in [0.1, 0.15) is 17.5 Å². The van der Waals surface area contributed by atoms with Crippen LogP contribution in [-0.2, 0) is 17.6 Å². The van der Waals surface area contributed by atoms with Gasteiger partial charge in [-0.15, -0.1) is 0 Å². The lowest BCUT2D eigenvalue weighted by Gasteiger charge is -2.26. The second-order valence-electron chi connectivity index (χ2n) is 6.79. The maximum absolute atomic E-state index is 11.1. The highest BCUT2D eigenvalue weighted by Gasteiger charge is 2.28. The summed E-state index contributed by atoms with van der Waals surface area (Å²) in [5.74, 6) is -0.530. The molecule has 3 N–H and O–H groups in total. The van der Waals surface area contributed by atoms with E-state index in [9.17, 15) is 10.1 Å². The monoisotopic (exact) mass is 339 g/mol. The summed E-state index contributed by atoms with van der Waals surface area (Å²) >= 11 is 0. The van der Waals surface area contributed by atoms with Crippen molar-refractivity contribution >= 4 is 11.8 Å². The van der Waals surface area contributed by atoms with Crippen molar-refractivity contribution in [2.24, 2.45) is 5.92 Å². The third-order valence-corrected chi connectivity index (χ3v) is 4.69. The van der Waals surface area contributed by atoms with E-state index in [1.165, 1.54) is 0 Å². The number of rotatable bonds is 4. The lowest BCUT2D eigenvalue weighted by atomic mass is 9.80. The highest BCUT2D eigenvalue weighted by molar-refractivity contribution is 5.79. The first-order chi connectivity index (χ1) is 11.9. The zero-order valence-electron chi connectivity index (χ0n) is 14.4. The van der Waals surface area contributed by atoms with Crippen LogP contribution in [0.25, 0.3) is 11.1 Å². The van der Waals surface area contributed by atoms with E-state index in [2.05, 4.69) is 16.2 Å². The van der Waals surface area contributed by atoms with Gasteiger partial charge in [-0.2, -0.15) is 10.4 Å². The third-order valence-electron chi connectivity index (χ3n) is 4.69. The van der Waals surface area contributed by atoms with E-state index in [0.29, 0.717) is 18.4 Å². The van der Waals surface area contributed by atoms with Crippen molar-refractivity contribution in [3.05, 3.63) is 29.2 Å². The first kappa shape index (κ1) is 17.0. The number of nitrogen functional groups attached to an aromatic ring is 1. The second kappa shape index (κ2) is 6.55. The Labute approximate surface area is 146 Å². The lowest BCUT2D eigenvalue weighted by Crippen LogP contribution is -2.20. The van der Waals surface area contributed by atoms with Crippen molar-refractivity contribution in [3.63, 3.8) is 0 Å². The topological polar surface area (TPSA) is 118 Å². The number of carbonyl (C=O) groups is 1. The van der Waals surface area contributed by atoms with E-state index in [0.717, 1.165) is 28.8 Å². The number of nitriles is 1. The number of pyridine rings is 1. The van der Waals surface area contributed by atoms with Gasteiger partial charge in [0.05, 0.1) is 6.20 Å². The molecule has 2 heterocycles. The van der Waals surface area contributed by atoms with Crippen LogP contribution in [0.1, 0.15) is 49.6 Å². The molecule has 0 aromatic carbocycles. The van der Waals surface area contributed by atoms with E-state index < -0.39 is 5.97 Å². The van der Waals surface area contributed by atoms with Crippen LogP contribution in [0.15, 0.2) is 12.4 Å². The largest absolute Gasteiger partial charge is 0.481 e. The number of aromatic nitrogens is 3. The Balaban J connectivity index is 2.14.